The van der Waals surface area contributed by atoms with Crippen molar-refractivity contribution in [3.05, 3.63) is 168 Å². The van der Waals surface area contributed by atoms with Crippen LogP contribution in [0.1, 0.15) is 79.0 Å². The Morgan fingerprint density at radius 1 is 0.508 bits per heavy atom. The molecule has 1 aliphatic rings. The Bertz CT molecular complexity index is 2910. The van der Waals surface area contributed by atoms with Gasteiger partial charge in [0.15, 0.2) is 0 Å². The van der Waals surface area contributed by atoms with E-state index >= 15 is 8.78 Å². The molecule has 308 valence electrons. The lowest BCUT2D eigenvalue weighted by Gasteiger charge is -2.27. The smallest absolute Gasteiger partial charge is 0.149 e. The van der Waals surface area contributed by atoms with Gasteiger partial charge in [0.1, 0.15) is 41.3 Å². The fourth-order valence-electron chi connectivity index (χ4n) is 8.39. The molecule has 0 saturated heterocycles. The van der Waals surface area contributed by atoms with E-state index in [1.54, 1.807) is 4.90 Å². The SMILES string of the molecule is CC(C)(C)c1cc(-c2cc(Oc3ccc4c5ccccc5n(-c5ccccn5)c4c3)cc(N3CN(c4c(F)cccc4F)c4cc(C(C)(C)C)ccc43)c2)cc(C(C)(C)C)c1. The largest absolute Gasteiger partial charge is 0.457 e. The summed E-state index contributed by atoms with van der Waals surface area (Å²) in [6.07, 6.45) is 1.81. The average molecular weight is 811 g/mol. The van der Waals surface area contributed by atoms with E-state index in [1.165, 1.54) is 29.3 Å². The van der Waals surface area contributed by atoms with Crippen LogP contribution in [0.2, 0.25) is 0 Å². The molecular formula is C54H52F2N4O. The lowest BCUT2D eigenvalue weighted by atomic mass is 9.79. The number of anilines is 4. The number of benzene rings is 6. The number of hydrogen-bond acceptors (Lipinski definition) is 4. The summed E-state index contributed by atoms with van der Waals surface area (Å²) >= 11 is 0. The summed E-state index contributed by atoms with van der Waals surface area (Å²) in [6.45, 7) is 20.1. The zero-order valence-electron chi connectivity index (χ0n) is 36.4. The Morgan fingerprint density at radius 3 is 1.84 bits per heavy atom. The van der Waals surface area contributed by atoms with E-state index in [0.717, 1.165) is 61.4 Å². The summed E-state index contributed by atoms with van der Waals surface area (Å²) in [4.78, 5) is 8.61. The second-order valence-corrected chi connectivity index (χ2v) is 19.4. The summed E-state index contributed by atoms with van der Waals surface area (Å²) in [5, 5.41) is 2.23. The van der Waals surface area contributed by atoms with Crippen LogP contribution in [-0.2, 0) is 16.2 Å². The molecule has 0 amide bonds. The third-order valence-electron chi connectivity index (χ3n) is 11.9. The Labute approximate surface area is 357 Å². The van der Waals surface area contributed by atoms with Crippen LogP contribution in [0.5, 0.6) is 11.5 Å². The summed E-state index contributed by atoms with van der Waals surface area (Å²) in [7, 11) is 0. The Morgan fingerprint density at radius 2 is 1.16 bits per heavy atom. The van der Waals surface area contributed by atoms with Gasteiger partial charge in [-0.25, -0.2) is 13.8 Å². The number of rotatable bonds is 6. The number of hydrogen-bond donors (Lipinski definition) is 0. The molecule has 8 aromatic rings. The minimum absolute atomic E-state index is 0.0748. The molecule has 0 bridgehead atoms. The maximum absolute atomic E-state index is 15.7. The zero-order chi connectivity index (χ0) is 43.0. The molecule has 1 aliphatic heterocycles. The fourth-order valence-corrected chi connectivity index (χ4v) is 8.39. The number of ether oxygens (including phenoxy) is 1. The van der Waals surface area contributed by atoms with Crippen molar-refractivity contribution in [1.29, 1.82) is 0 Å². The van der Waals surface area contributed by atoms with Crippen LogP contribution in [0.15, 0.2) is 140 Å². The molecule has 0 atom stereocenters. The number of aromatic nitrogens is 2. The van der Waals surface area contributed by atoms with Gasteiger partial charge >= 0.3 is 0 Å². The number of nitrogens with zero attached hydrogens (tertiary/aromatic N) is 4. The first-order valence-corrected chi connectivity index (χ1v) is 21.0. The molecule has 3 heterocycles. The van der Waals surface area contributed by atoms with E-state index in [4.69, 9.17) is 9.72 Å². The molecule has 61 heavy (non-hydrogen) atoms. The van der Waals surface area contributed by atoms with Crippen LogP contribution in [0.3, 0.4) is 0 Å². The monoisotopic (exact) mass is 810 g/mol. The maximum atomic E-state index is 15.7. The topological polar surface area (TPSA) is 33.5 Å². The Kier molecular flexibility index (Phi) is 9.58. The van der Waals surface area contributed by atoms with Crippen molar-refractivity contribution in [1.82, 2.24) is 9.55 Å². The second kappa shape index (κ2) is 14.6. The van der Waals surface area contributed by atoms with Gasteiger partial charge in [-0.15, -0.1) is 0 Å². The van der Waals surface area contributed by atoms with Crippen LogP contribution in [0.4, 0.5) is 31.5 Å². The molecular weight excluding hydrogens is 759 g/mol. The Hall–Kier alpha value is -6.47. The molecule has 0 spiro atoms. The van der Waals surface area contributed by atoms with Crippen molar-refractivity contribution in [2.75, 3.05) is 16.5 Å². The van der Waals surface area contributed by atoms with E-state index < -0.39 is 11.6 Å². The van der Waals surface area contributed by atoms with Crippen LogP contribution >= 0.6 is 0 Å². The quantitative estimate of drug-likeness (QED) is 0.167. The highest BCUT2D eigenvalue weighted by atomic mass is 19.1. The number of fused-ring (bicyclic) bond motifs is 4. The van der Waals surface area contributed by atoms with Gasteiger partial charge in [-0.2, -0.15) is 0 Å². The van der Waals surface area contributed by atoms with E-state index in [1.807, 2.05) is 42.6 Å². The van der Waals surface area contributed by atoms with Gasteiger partial charge in [0, 0.05) is 34.8 Å². The van der Waals surface area contributed by atoms with Crippen LogP contribution < -0.4 is 14.5 Å². The summed E-state index contributed by atoms with van der Waals surface area (Å²) in [6, 6.07) is 44.0. The van der Waals surface area contributed by atoms with Gasteiger partial charge in [-0.05, 0) is 111 Å². The number of halogens is 2. The zero-order valence-corrected chi connectivity index (χ0v) is 36.4. The molecule has 0 aliphatic carbocycles. The predicted molar refractivity (Wildman–Crippen MR) is 249 cm³/mol. The van der Waals surface area contributed by atoms with Crippen molar-refractivity contribution in [3.63, 3.8) is 0 Å². The highest BCUT2D eigenvalue weighted by Crippen LogP contribution is 2.49. The van der Waals surface area contributed by atoms with Crippen LogP contribution in [0.25, 0.3) is 38.8 Å². The minimum atomic E-state index is -0.612. The van der Waals surface area contributed by atoms with Crippen molar-refractivity contribution >= 4 is 44.6 Å². The molecule has 0 saturated carbocycles. The van der Waals surface area contributed by atoms with E-state index in [-0.39, 0.29) is 28.6 Å². The normalized spacial score (nSPS) is 13.4. The summed E-state index contributed by atoms with van der Waals surface area (Å²) in [5.74, 6) is 0.898. The van der Waals surface area contributed by atoms with Gasteiger partial charge < -0.3 is 14.5 Å². The maximum Gasteiger partial charge on any atom is 0.149 e. The number of pyridine rings is 1. The summed E-state index contributed by atoms with van der Waals surface area (Å²) < 4.78 is 40.5. The van der Waals surface area contributed by atoms with Crippen molar-refractivity contribution < 1.29 is 13.5 Å². The van der Waals surface area contributed by atoms with Crippen LogP contribution in [-0.4, -0.2) is 16.2 Å². The molecule has 0 N–H and O–H groups in total. The molecule has 0 fully saturated rings. The lowest BCUT2D eigenvalue weighted by molar-refractivity contribution is 0.483. The molecule has 7 heteroatoms. The van der Waals surface area contributed by atoms with Crippen molar-refractivity contribution in [2.24, 2.45) is 0 Å². The third-order valence-corrected chi connectivity index (χ3v) is 11.9. The highest BCUT2D eigenvalue weighted by Gasteiger charge is 2.33. The molecule has 5 nitrogen and oxygen atoms in total. The van der Waals surface area contributed by atoms with E-state index in [9.17, 15) is 0 Å². The fraction of sp³-hybridized carbons (Fsp3) is 0.241. The first-order chi connectivity index (χ1) is 28.9. The molecule has 2 aromatic heterocycles. The van der Waals surface area contributed by atoms with Crippen molar-refractivity contribution in [3.8, 4) is 28.4 Å². The summed E-state index contributed by atoms with van der Waals surface area (Å²) in [5.41, 5.74) is 9.57. The van der Waals surface area contributed by atoms with E-state index in [2.05, 4.69) is 151 Å². The first kappa shape index (κ1) is 40.0. The molecule has 9 rings (SSSR count). The van der Waals surface area contributed by atoms with Gasteiger partial charge in [0.2, 0.25) is 0 Å². The van der Waals surface area contributed by atoms with Gasteiger partial charge in [-0.3, -0.25) is 4.57 Å². The molecule has 0 unspecified atom stereocenters. The molecule has 6 aromatic carbocycles. The van der Waals surface area contributed by atoms with Gasteiger partial charge in [0.25, 0.3) is 0 Å². The lowest BCUT2D eigenvalue weighted by Crippen LogP contribution is -2.25. The average Bonchev–Trinajstić information content (AvgIpc) is 3.75. The van der Waals surface area contributed by atoms with Gasteiger partial charge in [-0.1, -0.05) is 117 Å². The van der Waals surface area contributed by atoms with Crippen LogP contribution in [0, 0.1) is 11.6 Å². The standard InChI is InChI=1S/C54H52F2N4O/c1-52(2,3)36-20-23-47-49(30-36)59(51-44(55)16-14-17-45(51)56)33-58(47)39-27-35(34-25-37(53(4,5)6)29-38(26-34)54(7,8)9)28-41(31-39)61-40-21-22-43-42-15-10-11-18-46(42)60(48(43)32-40)50-19-12-13-24-57-50/h10-32H,33H2,1-9H3. The first-order valence-electron chi connectivity index (χ1n) is 21.0. The van der Waals surface area contributed by atoms with E-state index in [0.29, 0.717) is 11.5 Å². The third kappa shape index (κ3) is 7.41. The predicted octanol–water partition coefficient (Wildman–Crippen LogP) is 15.1. The van der Waals surface area contributed by atoms with Crippen molar-refractivity contribution in [2.45, 2.75) is 78.6 Å². The minimum Gasteiger partial charge on any atom is -0.457 e. The molecule has 0 radical (unpaired) electrons. The highest BCUT2D eigenvalue weighted by molar-refractivity contribution is 6.09. The second-order valence-electron chi connectivity index (χ2n) is 19.4. The van der Waals surface area contributed by atoms with Gasteiger partial charge in [0.05, 0.1) is 22.4 Å². The Balaban J connectivity index is 1.24. The number of para-hydroxylation sites is 2.